The molecule has 0 spiro atoms. The van der Waals surface area contributed by atoms with Crippen LogP contribution in [0.1, 0.15) is 20.3 Å². The van der Waals surface area contributed by atoms with Crippen LogP contribution in [0.15, 0.2) is 22.2 Å². The molecule has 3 atom stereocenters. The molecule has 10 nitrogen and oxygen atoms in total. The lowest BCUT2D eigenvalue weighted by Gasteiger charge is -2.45. The van der Waals surface area contributed by atoms with Gasteiger partial charge in [-0.3, -0.25) is 14.1 Å². The second-order valence-electron chi connectivity index (χ2n) is 5.43. The number of carbonyl (C=O) groups is 3. The number of carbonyl (C=O) groups excluding carboxylic acids is 2. The van der Waals surface area contributed by atoms with Gasteiger partial charge in [0, 0.05) is 24.4 Å². The Hall–Kier alpha value is -1.89. The number of aliphatic carboxylic acids is 1. The highest BCUT2D eigenvalue weighted by molar-refractivity contribution is 8.05. The van der Waals surface area contributed by atoms with Gasteiger partial charge >= 0.3 is 16.4 Å². The number of fused-ring (bicyclic) bond motifs is 1. The van der Waals surface area contributed by atoms with Crippen molar-refractivity contribution in [2.24, 2.45) is 5.92 Å². The molecule has 0 aliphatic carbocycles. The van der Waals surface area contributed by atoms with Crippen molar-refractivity contribution in [2.45, 2.75) is 32.4 Å². The lowest BCUT2D eigenvalue weighted by molar-refractivity contribution is -0.160. The molecule has 0 saturated carbocycles. The van der Waals surface area contributed by atoms with E-state index in [0.717, 1.165) is 16.7 Å². The Morgan fingerprint density at radius 1 is 1.48 bits per heavy atom. The van der Waals surface area contributed by atoms with E-state index in [1.807, 2.05) is 0 Å². The van der Waals surface area contributed by atoms with E-state index in [1.54, 1.807) is 0 Å². The minimum atomic E-state index is -4.72. The molecule has 1 saturated heterocycles. The molecular weight excluding hydrogens is 376 g/mol. The fourth-order valence-electron chi connectivity index (χ4n) is 2.84. The van der Waals surface area contributed by atoms with Gasteiger partial charge in [-0.1, -0.05) is 11.8 Å². The molecular formula is C13H16N2O8S2. The van der Waals surface area contributed by atoms with Crippen LogP contribution in [0.5, 0.6) is 0 Å². The third-order valence-corrected chi connectivity index (χ3v) is 5.18. The third kappa shape index (κ3) is 4.21. The molecule has 2 aliphatic rings. The summed E-state index contributed by atoms with van der Waals surface area (Å²) in [7, 11) is -4.72. The number of β-lactam (4-membered cyclic amide) rings is 1. The number of nitrogens with zero attached hydrogens (tertiary/aromatic N) is 1. The minimum absolute atomic E-state index is 0.178. The monoisotopic (exact) mass is 392 g/mol. The highest BCUT2D eigenvalue weighted by Crippen LogP contribution is 2.47. The Balaban J connectivity index is 2.14. The maximum atomic E-state index is 12.2. The molecule has 0 aromatic heterocycles. The number of carboxylic acid groups (broad SMARTS) is 1. The standard InChI is InChI=1S/C13H16N2O8S2/c1-6(23-25(20,21)22)10-8-5-9(24-4-3-14-7(2)16)11(13(18)19)15(8)12(10)17/h3-4,6,8,10H,5H2,1-2H3,(H,14,16)(H,18,19)(H,20,21,22)/b4-3+/t6-,8-,10-/m0/s1. The topological polar surface area (TPSA) is 150 Å². The Labute approximate surface area is 147 Å². The Morgan fingerprint density at radius 3 is 2.64 bits per heavy atom. The summed E-state index contributed by atoms with van der Waals surface area (Å²) in [5.74, 6) is -3.03. The first-order valence-corrected chi connectivity index (χ1v) is 9.31. The van der Waals surface area contributed by atoms with Crippen LogP contribution < -0.4 is 5.32 Å². The maximum Gasteiger partial charge on any atom is 0.397 e. The van der Waals surface area contributed by atoms with Gasteiger partial charge in [0.15, 0.2) is 0 Å². The minimum Gasteiger partial charge on any atom is -0.477 e. The summed E-state index contributed by atoms with van der Waals surface area (Å²) >= 11 is 1.04. The third-order valence-electron chi connectivity index (χ3n) is 3.71. The van der Waals surface area contributed by atoms with Gasteiger partial charge in [0.25, 0.3) is 0 Å². The average Bonchev–Trinajstić information content (AvgIpc) is 2.76. The van der Waals surface area contributed by atoms with Crippen LogP contribution in [0.4, 0.5) is 0 Å². The molecule has 3 N–H and O–H groups in total. The van der Waals surface area contributed by atoms with Crippen LogP contribution in [-0.4, -0.2) is 52.9 Å². The largest absolute Gasteiger partial charge is 0.477 e. The predicted molar refractivity (Wildman–Crippen MR) is 86.0 cm³/mol. The van der Waals surface area contributed by atoms with Gasteiger partial charge in [0.2, 0.25) is 11.8 Å². The predicted octanol–water partition coefficient (Wildman–Crippen LogP) is 0.0617. The number of amides is 2. The number of thioether (sulfide) groups is 1. The van der Waals surface area contributed by atoms with Crippen molar-refractivity contribution in [3.05, 3.63) is 22.2 Å². The van der Waals surface area contributed by atoms with Crippen LogP contribution in [0, 0.1) is 5.92 Å². The molecule has 2 amide bonds. The summed E-state index contributed by atoms with van der Waals surface area (Å²) in [6.45, 7) is 2.63. The van der Waals surface area contributed by atoms with Crippen molar-refractivity contribution in [3.8, 4) is 0 Å². The van der Waals surface area contributed by atoms with Crippen molar-refractivity contribution in [1.82, 2.24) is 10.2 Å². The summed E-state index contributed by atoms with van der Waals surface area (Å²) in [5.41, 5.74) is -0.178. The van der Waals surface area contributed by atoms with Crippen LogP contribution >= 0.6 is 11.8 Å². The highest BCUT2D eigenvalue weighted by Gasteiger charge is 2.57. The molecule has 0 bridgehead atoms. The molecule has 2 aliphatic heterocycles. The van der Waals surface area contributed by atoms with Gasteiger partial charge in [0.05, 0.1) is 18.1 Å². The summed E-state index contributed by atoms with van der Waals surface area (Å²) in [5, 5.41) is 13.2. The van der Waals surface area contributed by atoms with Gasteiger partial charge < -0.3 is 15.3 Å². The van der Waals surface area contributed by atoms with E-state index < -0.39 is 40.3 Å². The highest BCUT2D eigenvalue weighted by atomic mass is 32.3. The van der Waals surface area contributed by atoms with Crippen LogP contribution in [0.2, 0.25) is 0 Å². The van der Waals surface area contributed by atoms with Gasteiger partial charge in [-0.15, -0.1) is 0 Å². The zero-order valence-corrected chi connectivity index (χ0v) is 14.8. The van der Waals surface area contributed by atoms with Gasteiger partial charge in [-0.25, -0.2) is 8.98 Å². The number of rotatable bonds is 7. The lowest BCUT2D eigenvalue weighted by atomic mass is 9.83. The summed E-state index contributed by atoms with van der Waals surface area (Å²) < 4.78 is 34.8. The van der Waals surface area contributed by atoms with E-state index >= 15 is 0 Å². The zero-order chi connectivity index (χ0) is 18.9. The van der Waals surface area contributed by atoms with Crippen molar-refractivity contribution >= 4 is 39.9 Å². The number of hydrogen-bond donors (Lipinski definition) is 3. The molecule has 12 heteroatoms. The van der Waals surface area contributed by atoms with E-state index in [2.05, 4.69) is 9.50 Å². The molecule has 0 aromatic rings. The number of nitrogens with one attached hydrogen (secondary N) is 1. The summed E-state index contributed by atoms with van der Waals surface area (Å²) in [6, 6.07) is -0.563. The summed E-state index contributed by atoms with van der Waals surface area (Å²) in [6.07, 6.45) is 0.420. The smallest absolute Gasteiger partial charge is 0.397 e. The van der Waals surface area contributed by atoms with Crippen molar-refractivity contribution in [2.75, 3.05) is 0 Å². The molecule has 138 valence electrons. The first-order chi connectivity index (χ1) is 11.5. The van der Waals surface area contributed by atoms with Gasteiger partial charge in [-0.2, -0.15) is 8.42 Å². The fourth-order valence-corrected chi connectivity index (χ4v) is 4.21. The van der Waals surface area contributed by atoms with Crippen molar-refractivity contribution in [1.29, 1.82) is 0 Å². The first-order valence-electron chi connectivity index (χ1n) is 7.07. The number of carboxylic acids is 1. The average molecular weight is 392 g/mol. The van der Waals surface area contributed by atoms with Crippen LogP contribution in [0.25, 0.3) is 0 Å². The second kappa shape index (κ2) is 7.15. The quantitative estimate of drug-likeness (QED) is 0.403. The van der Waals surface area contributed by atoms with E-state index in [-0.39, 0.29) is 18.0 Å². The molecule has 0 aromatic carbocycles. The molecule has 2 rings (SSSR count). The van der Waals surface area contributed by atoms with Gasteiger partial charge in [-0.05, 0) is 12.3 Å². The van der Waals surface area contributed by atoms with Crippen LogP contribution in [0.3, 0.4) is 0 Å². The zero-order valence-electron chi connectivity index (χ0n) is 13.2. The van der Waals surface area contributed by atoms with E-state index in [1.165, 1.54) is 25.5 Å². The summed E-state index contributed by atoms with van der Waals surface area (Å²) in [4.78, 5) is 36.0. The molecule has 2 heterocycles. The molecule has 25 heavy (non-hydrogen) atoms. The number of hydrogen-bond acceptors (Lipinski definition) is 7. The van der Waals surface area contributed by atoms with E-state index in [4.69, 9.17) is 4.55 Å². The van der Waals surface area contributed by atoms with E-state index in [0.29, 0.717) is 4.91 Å². The van der Waals surface area contributed by atoms with Gasteiger partial charge in [0.1, 0.15) is 5.70 Å². The van der Waals surface area contributed by atoms with E-state index in [9.17, 15) is 27.9 Å². The Kier molecular flexibility index (Phi) is 5.56. The van der Waals surface area contributed by atoms with Crippen molar-refractivity contribution in [3.63, 3.8) is 0 Å². The van der Waals surface area contributed by atoms with Crippen molar-refractivity contribution < 1.29 is 36.6 Å². The Bertz CT molecular complexity index is 773. The molecule has 1 fully saturated rings. The fraction of sp³-hybridized carbons (Fsp3) is 0.462. The second-order valence-corrected chi connectivity index (χ2v) is 7.48. The molecule has 0 unspecified atom stereocenters. The normalized spacial score (nSPS) is 24.3. The lowest BCUT2D eigenvalue weighted by Crippen LogP contribution is -2.62. The SMILES string of the molecule is CC(=O)N/C=C/SC1=C(C(=O)O)N2C(=O)[C@@H]([C@H](C)OS(=O)(=O)O)[C@@H]2C1. The maximum absolute atomic E-state index is 12.2. The Morgan fingerprint density at radius 2 is 2.12 bits per heavy atom. The van der Waals surface area contributed by atoms with Crippen LogP contribution in [-0.2, 0) is 29.0 Å². The first kappa shape index (κ1) is 19.4. The molecule has 0 radical (unpaired) electrons.